The Hall–Kier alpha value is -2.09. The summed E-state index contributed by atoms with van der Waals surface area (Å²) in [5, 5.41) is 23.1. The zero-order chi connectivity index (χ0) is 15.8. The lowest BCUT2D eigenvalue weighted by Gasteiger charge is -2.29. The van der Waals surface area contributed by atoms with E-state index in [0.717, 1.165) is 0 Å². The van der Waals surface area contributed by atoms with Gasteiger partial charge in [0, 0.05) is 12.0 Å². The van der Waals surface area contributed by atoms with Crippen molar-refractivity contribution >= 4 is 11.6 Å². The van der Waals surface area contributed by atoms with E-state index in [1.807, 2.05) is 0 Å². The number of aromatic hydroxyl groups is 1. The van der Waals surface area contributed by atoms with E-state index >= 15 is 0 Å². The summed E-state index contributed by atoms with van der Waals surface area (Å²) in [7, 11) is 0. The molecule has 1 atom stereocenters. The lowest BCUT2D eigenvalue weighted by molar-refractivity contribution is -0.0784. The maximum Gasteiger partial charge on any atom is 0.431 e. The van der Waals surface area contributed by atoms with Gasteiger partial charge in [-0.15, -0.1) is 0 Å². The van der Waals surface area contributed by atoms with Gasteiger partial charge in [-0.3, -0.25) is 4.79 Å². The summed E-state index contributed by atoms with van der Waals surface area (Å²) < 4.78 is 38.2. The second-order valence-corrected chi connectivity index (χ2v) is 4.72. The van der Waals surface area contributed by atoms with Crippen molar-refractivity contribution in [2.45, 2.75) is 31.7 Å². The molecule has 1 aromatic rings. The van der Waals surface area contributed by atoms with Crippen LogP contribution < -0.4 is 0 Å². The summed E-state index contributed by atoms with van der Waals surface area (Å²) in [6, 6.07) is 4.94. The third-order valence-corrected chi connectivity index (χ3v) is 3.27. The summed E-state index contributed by atoms with van der Waals surface area (Å²) in [5.41, 5.74) is -3.18. The Morgan fingerprint density at radius 2 is 1.95 bits per heavy atom. The molecule has 1 amide bonds. The van der Waals surface area contributed by atoms with Crippen LogP contribution in [-0.2, 0) is 0 Å². The minimum atomic E-state index is -4.70. The molecule has 0 radical (unpaired) electrons. The fourth-order valence-electron chi connectivity index (χ4n) is 1.98. The molecule has 0 saturated heterocycles. The van der Waals surface area contributed by atoms with Crippen LogP contribution in [-0.4, -0.2) is 38.7 Å². The largest absolute Gasteiger partial charge is 0.508 e. The molecule has 21 heavy (non-hydrogen) atoms. The molecule has 1 aliphatic heterocycles. The number of hydrogen-bond acceptors (Lipinski definition) is 4. The van der Waals surface area contributed by atoms with Crippen molar-refractivity contribution in [2.24, 2.45) is 5.10 Å². The van der Waals surface area contributed by atoms with Crippen molar-refractivity contribution < 1.29 is 28.2 Å². The zero-order valence-electron chi connectivity index (χ0n) is 11.1. The quantitative estimate of drug-likeness (QED) is 0.880. The fourth-order valence-corrected chi connectivity index (χ4v) is 1.98. The van der Waals surface area contributed by atoms with Crippen LogP contribution in [0.1, 0.15) is 30.1 Å². The van der Waals surface area contributed by atoms with E-state index in [-0.39, 0.29) is 17.7 Å². The number of carbonyl (C=O) groups is 1. The van der Waals surface area contributed by atoms with Gasteiger partial charge in [-0.25, -0.2) is 0 Å². The van der Waals surface area contributed by atoms with Gasteiger partial charge in [0.25, 0.3) is 5.91 Å². The highest BCUT2D eigenvalue weighted by Crippen LogP contribution is 2.35. The highest BCUT2D eigenvalue weighted by atomic mass is 19.4. The van der Waals surface area contributed by atoms with Crippen LogP contribution in [0.15, 0.2) is 29.4 Å². The average molecular weight is 302 g/mol. The van der Waals surface area contributed by atoms with E-state index in [9.17, 15) is 23.1 Å². The van der Waals surface area contributed by atoms with E-state index in [4.69, 9.17) is 5.11 Å². The molecular weight excluding hydrogens is 289 g/mol. The van der Waals surface area contributed by atoms with E-state index in [0.29, 0.717) is 5.01 Å². The molecule has 0 saturated carbocycles. The molecule has 0 bridgehead atoms. The van der Waals surface area contributed by atoms with Gasteiger partial charge >= 0.3 is 6.18 Å². The smallest absolute Gasteiger partial charge is 0.431 e. The first-order valence-corrected chi connectivity index (χ1v) is 6.18. The number of hydrazone groups is 1. The van der Waals surface area contributed by atoms with E-state index < -0.39 is 29.9 Å². The minimum absolute atomic E-state index is 0.0202. The van der Waals surface area contributed by atoms with Crippen LogP contribution in [0.2, 0.25) is 0 Å². The van der Waals surface area contributed by atoms with Crippen LogP contribution in [0.4, 0.5) is 13.2 Å². The molecule has 2 rings (SSSR count). The lowest BCUT2D eigenvalue weighted by atomic mass is 10.0. The summed E-state index contributed by atoms with van der Waals surface area (Å²) >= 11 is 0. The number of nitrogens with zero attached hydrogens (tertiary/aromatic N) is 2. The van der Waals surface area contributed by atoms with Crippen LogP contribution in [0.5, 0.6) is 5.75 Å². The average Bonchev–Trinajstić information content (AvgIpc) is 2.77. The molecule has 0 spiro atoms. The Labute approximate surface area is 118 Å². The number of phenols is 1. The molecule has 0 aromatic heterocycles. The van der Waals surface area contributed by atoms with Gasteiger partial charge in [0.15, 0.2) is 5.72 Å². The highest BCUT2D eigenvalue weighted by molar-refractivity contribution is 5.99. The molecule has 1 aromatic carbocycles. The minimum Gasteiger partial charge on any atom is -0.508 e. The SMILES string of the molecule is CCC1(O)CC(C(F)(F)F)=NN1C(=O)c1ccc(O)cc1. The van der Waals surface area contributed by atoms with E-state index in [1.165, 1.54) is 31.2 Å². The number of hydrogen-bond donors (Lipinski definition) is 2. The Kier molecular flexibility index (Phi) is 3.66. The molecule has 1 heterocycles. The number of phenolic OH excluding ortho intramolecular Hbond substituents is 1. The molecule has 8 heteroatoms. The summed E-state index contributed by atoms with van der Waals surface area (Å²) in [4.78, 5) is 12.2. The summed E-state index contributed by atoms with van der Waals surface area (Å²) in [6.45, 7) is 1.46. The Morgan fingerprint density at radius 1 is 1.38 bits per heavy atom. The van der Waals surface area contributed by atoms with Crippen LogP contribution in [0, 0.1) is 0 Å². The maximum absolute atomic E-state index is 12.7. The first kappa shape index (κ1) is 15.3. The second-order valence-electron chi connectivity index (χ2n) is 4.72. The first-order chi connectivity index (χ1) is 9.67. The monoisotopic (exact) mass is 302 g/mol. The molecule has 0 aliphatic carbocycles. The first-order valence-electron chi connectivity index (χ1n) is 6.18. The number of rotatable bonds is 2. The normalized spacial score (nSPS) is 22.3. The predicted molar refractivity (Wildman–Crippen MR) is 67.6 cm³/mol. The fraction of sp³-hybridized carbons (Fsp3) is 0.385. The van der Waals surface area contributed by atoms with Crippen molar-refractivity contribution in [1.82, 2.24) is 5.01 Å². The van der Waals surface area contributed by atoms with Gasteiger partial charge in [0.1, 0.15) is 11.5 Å². The lowest BCUT2D eigenvalue weighted by Crippen LogP contribution is -2.45. The molecule has 5 nitrogen and oxygen atoms in total. The van der Waals surface area contributed by atoms with Crippen LogP contribution >= 0.6 is 0 Å². The Morgan fingerprint density at radius 3 is 2.43 bits per heavy atom. The molecule has 0 fully saturated rings. The number of benzene rings is 1. The van der Waals surface area contributed by atoms with Crippen molar-refractivity contribution in [3.8, 4) is 5.75 Å². The molecule has 2 N–H and O–H groups in total. The second kappa shape index (κ2) is 5.03. The maximum atomic E-state index is 12.7. The molecular formula is C13H13F3N2O3. The van der Waals surface area contributed by atoms with Gasteiger partial charge in [0.2, 0.25) is 0 Å². The number of alkyl halides is 3. The molecule has 114 valence electrons. The van der Waals surface area contributed by atoms with Crippen molar-refractivity contribution in [1.29, 1.82) is 0 Å². The third-order valence-electron chi connectivity index (χ3n) is 3.27. The van der Waals surface area contributed by atoms with Gasteiger partial charge in [0.05, 0.1) is 0 Å². The van der Waals surface area contributed by atoms with Crippen LogP contribution in [0.3, 0.4) is 0 Å². The Balaban J connectivity index is 2.37. The number of halogens is 3. The third kappa shape index (κ3) is 2.85. The van der Waals surface area contributed by atoms with Gasteiger partial charge in [-0.1, -0.05) is 6.92 Å². The van der Waals surface area contributed by atoms with E-state index in [2.05, 4.69) is 5.10 Å². The van der Waals surface area contributed by atoms with Crippen molar-refractivity contribution in [3.63, 3.8) is 0 Å². The van der Waals surface area contributed by atoms with Crippen molar-refractivity contribution in [3.05, 3.63) is 29.8 Å². The number of amides is 1. The predicted octanol–water partition coefficient (Wildman–Crippen LogP) is 2.25. The standard InChI is InChI=1S/C13H13F3N2O3/c1-2-12(21)7-10(13(14,15)16)17-18(12)11(20)8-3-5-9(19)6-4-8/h3-6,19,21H,2,7H2,1H3. The summed E-state index contributed by atoms with van der Waals surface area (Å²) in [5.74, 6) is -0.947. The summed E-state index contributed by atoms with van der Waals surface area (Å²) in [6.07, 6.45) is -5.57. The van der Waals surface area contributed by atoms with Gasteiger partial charge in [-0.05, 0) is 30.7 Å². The number of aliphatic hydroxyl groups is 1. The van der Waals surface area contributed by atoms with Crippen molar-refractivity contribution in [2.75, 3.05) is 0 Å². The number of carbonyl (C=O) groups excluding carboxylic acids is 1. The zero-order valence-corrected chi connectivity index (χ0v) is 11.1. The topological polar surface area (TPSA) is 73.1 Å². The Bertz CT molecular complexity index is 583. The molecule has 1 aliphatic rings. The highest BCUT2D eigenvalue weighted by Gasteiger charge is 2.51. The van der Waals surface area contributed by atoms with Gasteiger partial charge < -0.3 is 10.2 Å². The van der Waals surface area contributed by atoms with Gasteiger partial charge in [-0.2, -0.15) is 23.3 Å². The molecule has 1 unspecified atom stereocenters. The van der Waals surface area contributed by atoms with Crippen LogP contribution in [0.25, 0.3) is 0 Å². The van der Waals surface area contributed by atoms with E-state index in [1.54, 1.807) is 0 Å².